The van der Waals surface area contributed by atoms with Gasteiger partial charge in [0.15, 0.2) is 0 Å². The minimum absolute atomic E-state index is 0. The van der Waals surface area contributed by atoms with Crippen LogP contribution in [0.25, 0.3) is 11.3 Å². The average Bonchev–Trinajstić information content (AvgIpc) is 3.25. The van der Waals surface area contributed by atoms with Crippen LogP contribution in [-0.2, 0) is 4.79 Å². The van der Waals surface area contributed by atoms with E-state index >= 15 is 0 Å². The molecule has 0 radical (unpaired) electrons. The minimum atomic E-state index is -0.541. The quantitative estimate of drug-likeness (QED) is 0.554. The zero-order chi connectivity index (χ0) is 22.7. The smallest absolute Gasteiger partial charge is 0.252 e. The Morgan fingerprint density at radius 1 is 1.18 bits per heavy atom. The lowest BCUT2D eigenvalue weighted by atomic mass is 10.1. The van der Waals surface area contributed by atoms with Gasteiger partial charge in [0.1, 0.15) is 17.2 Å². The molecule has 1 atom stereocenters. The van der Waals surface area contributed by atoms with Gasteiger partial charge < -0.3 is 15.4 Å². The number of hydrogen-bond donors (Lipinski definition) is 1. The van der Waals surface area contributed by atoms with Crippen LogP contribution in [0.4, 0.5) is 0 Å². The van der Waals surface area contributed by atoms with E-state index in [1.807, 2.05) is 55.5 Å². The van der Waals surface area contributed by atoms with Gasteiger partial charge in [0, 0.05) is 24.8 Å². The molecule has 7 nitrogen and oxygen atoms in total. The number of rotatable bonds is 6. The summed E-state index contributed by atoms with van der Waals surface area (Å²) < 4.78 is 7.67. The molecule has 0 saturated carbocycles. The lowest BCUT2D eigenvalue weighted by Gasteiger charge is -2.32. The molecule has 2 heterocycles. The van der Waals surface area contributed by atoms with Gasteiger partial charge in [-0.05, 0) is 67.8 Å². The average molecular weight is 447 g/mol. The molecule has 0 spiro atoms. The van der Waals surface area contributed by atoms with E-state index in [0.717, 1.165) is 29.7 Å². The maximum absolute atomic E-state index is 12.1. The number of nitrogens with zero attached hydrogens (tertiary/aromatic N) is 3. The first-order valence-electron chi connectivity index (χ1n) is 10.6. The number of primary amides is 1. The molecule has 2 N–H and O–H groups in total. The van der Waals surface area contributed by atoms with Crippen molar-refractivity contribution in [1.82, 2.24) is 14.7 Å². The fourth-order valence-electron chi connectivity index (χ4n) is 3.97. The van der Waals surface area contributed by atoms with E-state index in [9.17, 15) is 9.59 Å². The van der Waals surface area contributed by atoms with Gasteiger partial charge in [-0.2, -0.15) is 5.10 Å². The van der Waals surface area contributed by atoms with Crippen LogP contribution in [0.5, 0.6) is 11.5 Å². The Hall–Kier alpha value is -3.87. The molecule has 2 amide bonds. The number of carbonyl (C=O) groups excluding carboxylic acids is 2. The number of aryl methyl sites for hydroxylation is 1. The van der Waals surface area contributed by atoms with Crippen molar-refractivity contribution in [3.05, 3.63) is 78.5 Å². The Balaban J connectivity index is 0.00000306. The van der Waals surface area contributed by atoms with Gasteiger partial charge in [0.05, 0.1) is 11.6 Å². The molecule has 0 unspecified atom stereocenters. The van der Waals surface area contributed by atoms with Crippen molar-refractivity contribution in [3.8, 4) is 22.8 Å². The Kier molecular flexibility index (Phi) is 7.33. The number of nitrogens with two attached hydrogens (primary N) is 1. The Morgan fingerprint density at radius 2 is 1.94 bits per heavy atom. The number of benzene rings is 2. The van der Waals surface area contributed by atoms with Gasteiger partial charge >= 0.3 is 0 Å². The van der Waals surface area contributed by atoms with Crippen LogP contribution in [0, 0.1) is 6.92 Å². The predicted octanol–water partition coefficient (Wildman–Crippen LogP) is 4.74. The molecule has 0 aliphatic carbocycles. The molecule has 2 aromatic carbocycles. The largest absolute Gasteiger partial charge is 0.457 e. The molecular formula is C26H30N4O3. The summed E-state index contributed by atoms with van der Waals surface area (Å²) >= 11 is 0. The first kappa shape index (κ1) is 23.8. The van der Waals surface area contributed by atoms with Crippen LogP contribution in [-0.4, -0.2) is 39.6 Å². The summed E-state index contributed by atoms with van der Waals surface area (Å²) in [6.07, 6.45) is 4.73. The maximum Gasteiger partial charge on any atom is 0.252 e. The number of likely N-dealkylation sites (tertiary alicyclic amines) is 1. The summed E-state index contributed by atoms with van der Waals surface area (Å²) in [4.78, 5) is 25.9. The fourth-order valence-corrected chi connectivity index (χ4v) is 3.97. The number of ether oxygens (including phenoxy) is 1. The second-order valence-corrected chi connectivity index (χ2v) is 7.96. The summed E-state index contributed by atoms with van der Waals surface area (Å²) in [6, 6.07) is 15.2. The second kappa shape index (κ2) is 10.2. The highest BCUT2D eigenvalue weighted by Crippen LogP contribution is 2.29. The van der Waals surface area contributed by atoms with Gasteiger partial charge in [0.2, 0.25) is 5.91 Å². The molecule has 1 aliphatic heterocycles. The number of amides is 2. The highest BCUT2D eigenvalue weighted by Gasteiger charge is 2.26. The molecule has 1 saturated heterocycles. The molecule has 1 aromatic heterocycles. The predicted molar refractivity (Wildman–Crippen MR) is 129 cm³/mol. The van der Waals surface area contributed by atoms with Crippen molar-refractivity contribution in [2.75, 3.05) is 13.1 Å². The highest BCUT2D eigenvalue weighted by atomic mass is 16.5. The Morgan fingerprint density at radius 3 is 2.61 bits per heavy atom. The summed E-state index contributed by atoms with van der Waals surface area (Å²) in [5, 5.41) is 4.68. The maximum atomic E-state index is 12.1. The normalized spacial score (nSPS) is 15.4. The lowest BCUT2D eigenvalue weighted by Crippen LogP contribution is -2.40. The van der Waals surface area contributed by atoms with Gasteiger partial charge in [-0.25, -0.2) is 0 Å². The van der Waals surface area contributed by atoms with Gasteiger partial charge in [-0.3, -0.25) is 14.3 Å². The van der Waals surface area contributed by atoms with Crippen LogP contribution in [0.15, 0.2) is 67.4 Å². The van der Waals surface area contributed by atoms with E-state index in [0.29, 0.717) is 30.1 Å². The zero-order valence-corrected chi connectivity index (χ0v) is 18.0. The Bertz CT molecular complexity index is 1150. The summed E-state index contributed by atoms with van der Waals surface area (Å²) in [7, 11) is 0. The van der Waals surface area contributed by atoms with Crippen molar-refractivity contribution < 1.29 is 14.3 Å². The van der Waals surface area contributed by atoms with E-state index in [1.54, 1.807) is 15.8 Å². The molecule has 3 aromatic rings. The van der Waals surface area contributed by atoms with E-state index < -0.39 is 5.91 Å². The summed E-state index contributed by atoms with van der Waals surface area (Å²) in [5.74, 6) is 0.809. The molecule has 33 heavy (non-hydrogen) atoms. The number of carbonyl (C=O) groups is 2. The third kappa shape index (κ3) is 5.31. The zero-order valence-electron chi connectivity index (χ0n) is 18.0. The van der Waals surface area contributed by atoms with Crippen LogP contribution in [0.1, 0.15) is 42.2 Å². The summed E-state index contributed by atoms with van der Waals surface area (Å²) in [6.45, 7) is 6.79. The first-order chi connectivity index (χ1) is 15.4. The molecule has 7 heteroatoms. The first-order valence-corrected chi connectivity index (χ1v) is 10.6. The molecule has 4 rings (SSSR count). The standard InChI is InChI=1S/C25H26N4O3.CH4/c1-3-23(30)28-13-5-7-19(15-28)29-16-22(25(26)31)24(27-29)18-9-11-20(12-10-18)32-21-8-4-6-17(2)14-21;/h3-4,6,8-12,14,16,19H,1,5,7,13,15H2,2H3,(H2,26,31);1H4/t19-;/m1./s1. The van der Waals surface area contributed by atoms with E-state index in [4.69, 9.17) is 10.5 Å². The van der Waals surface area contributed by atoms with Crippen LogP contribution in [0.3, 0.4) is 0 Å². The molecule has 1 aliphatic rings. The fraction of sp³-hybridized carbons (Fsp3) is 0.269. The third-order valence-corrected chi connectivity index (χ3v) is 5.61. The van der Waals surface area contributed by atoms with Crippen molar-refractivity contribution in [3.63, 3.8) is 0 Å². The molecule has 172 valence electrons. The number of aromatic nitrogens is 2. The van der Waals surface area contributed by atoms with Crippen molar-refractivity contribution in [2.24, 2.45) is 5.73 Å². The third-order valence-electron chi connectivity index (χ3n) is 5.61. The molecular weight excluding hydrogens is 416 g/mol. The van der Waals surface area contributed by atoms with E-state index in [-0.39, 0.29) is 19.4 Å². The monoisotopic (exact) mass is 446 g/mol. The van der Waals surface area contributed by atoms with Crippen LogP contribution < -0.4 is 10.5 Å². The highest BCUT2D eigenvalue weighted by molar-refractivity contribution is 5.98. The second-order valence-electron chi connectivity index (χ2n) is 7.96. The van der Waals surface area contributed by atoms with Gasteiger partial charge in [-0.1, -0.05) is 26.1 Å². The SMILES string of the molecule is C.C=CC(=O)N1CCC[C@@H](n2cc(C(N)=O)c(-c3ccc(Oc4cccc(C)c4)cc3)n2)C1. The number of hydrogen-bond acceptors (Lipinski definition) is 4. The van der Waals surface area contributed by atoms with Crippen LogP contribution in [0.2, 0.25) is 0 Å². The van der Waals surface area contributed by atoms with Crippen LogP contribution >= 0.6 is 0 Å². The Labute approximate surface area is 194 Å². The summed E-state index contributed by atoms with van der Waals surface area (Å²) in [5.41, 5.74) is 8.40. The minimum Gasteiger partial charge on any atom is -0.457 e. The number of piperidine rings is 1. The van der Waals surface area contributed by atoms with Gasteiger partial charge in [-0.15, -0.1) is 0 Å². The molecule has 1 fully saturated rings. The van der Waals surface area contributed by atoms with Crippen molar-refractivity contribution in [2.45, 2.75) is 33.2 Å². The van der Waals surface area contributed by atoms with Crippen molar-refractivity contribution >= 4 is 11.8 Å². The van der Waals surface area contributed by atoms with Crippen molar-refractivity contribution in [1.29, 1.82) is 0 Å². The van der Waals surface area contributed by atoms with E-state index in [2.05, 4.69) is 11.7 Å². The van der Waals surface area contributed by atoms with Gasteiger partial charge in [0.25, 0.3) is 5.91 Å². The topological polar surface area (TPSA) is 90.5 Å². The lowest BCUT2D eigenvalue weighted by molar-refractivity contribution is -0.127. The van der Waals surface area contributed by atoms with E-state index in [1.165, 1.54) is 6.08 Å². The molecule has 0 bridgehead atoms.